The van der Waals surface area contributed by atoms with E-state index in [0.29, 0.717) is 5.92 Å². The van der Waals surface area contributed by atoms with Crippen molar-refractivity contribution in [2.45, 2.75) is 47.1 Å². The van der Waals surface area contributed by atoms with Crippen molar-refractivity contribution in [3.05, 3.63) is 34.4 Å². The van der Waals surface area contributed by atoms with Gasteiger partial charge in [0.15, 0.2) is 0 Å². The van der Waals surface area contributed by atoms with Crippen LogP contribution < -0.4 is 5.73 Å². The number of rotatable bonds is 3. The molecule has 1 aromatic carbocycles. The van der Waals surface area contributed by atoms with Gasteiger partial charge in [-0.2, -0.15) is 0 Å². The van der Waals surface area contributed by atoms with Crippen LogP contribution in [0, 0.1) is 26.7 Å². The molecule has 0 aliphatic rings. The third kappa shape index (κ3) is 3.80. The Balaban J connectivity index is 0.00000225. The van der Waals surface area contributed by atoms with E-state index >= 15 is 0 Å². The number of aryl methyl sites for hydroxylation is 3. The molecule has 0 aliphatic carbocycles. The van der Waals surface area contributed by atoms with Crippen molar-refractivity contribution in [3.63, 3.8) is 0 Å². The number of benzene rings is 1. The zero-order valence-electron chi connectivity index (χ0n) is 11.0. The summed E-state index contributed by atoms with van der Waals surface area (Å²) in [5.41, 5.74) is 11.6. The highest BCUT2D eigenvalue weighted by Gasteiger charge is 2.13. The quantitative estimate of drug-likeness (QED) is 0.848. The molecule has 0 heterocycles. The fourth-order valence-corrected chi connectivity index (χ4v) is 2.40. The number of nitrogens with two attached hydrogens (primary N) is 1. The second-order valence-corrected chi connectivity index (χ2v) is 5.05. The Hall–Kier alpha value is -0.530. The molecule has 1 nitrogen and oxygen atoms in total. The van der Waals surface area contributed by atoms with Gasteiger partial charge in [0.1, 0.15) is 0 Å². The van der Waals surface area contributed by atoms with Crippen LogP contribution >= 0.6 is 12.4 Å². The molecule has 2 heteroatoms. The molecule has 1 rings (SSSR count). The number of hydrogen-bond acceptors (Lipinski definition) is 1. The molecule has 0 aliphatic heterocycles. The fourth-order valence-electron chi connectivity index (χ4n) is 2.40. The molecule has 0 amide bonds. The predicted octanol–water partition coefficient (Wildman–Crippen LogP) is 4.08. The van der Waals surface area contributed by atoms with Gasteiger partial charge in [0, 0.05) is 6.04 Å². The van der Waals surface area contributed by atoms with E-state index in [9.17, 15) is 0 Å². The molecule has 0 saturated carbocycles. The summed E-state index contributed by atoms with van der Waals surface area (Å²) in [4.78, 5) is 0. The first-order chi connectivity index (χ1) is 6.91. The van der Waals surface area contributed by atoms with Crippen LogP contribution in [0.25, 0.3) is 0 Å². The molecule has 2 N–H and O–H groups in total. The largest absolute Gasteiger partial charge is 0.324 e. The summed E-state index contributed by atoms with van der Waals surface area (Å²) in [6.45, 7) is 10.9. The number of halogens is 1. The third-order valence-electron chi connectivity index (χ3n) is 2.83. The molecule has 0 unspecified atom stereocenters. The van der Waals surface area contributed by atoms with Crippen molar-refractivity contribution in [1.82, 2.24) is 0 Å². The van der Waals surface area contributed by atoms with Crippen LogP contribution in [-0.2, 0) is 0 Å². The van der Waals surface area contributed by atoms with Crippen LogP contribution in [0.4, 0.5) is 0 Å². The average Bonchev–Trinajstić information content (AvgIpc) is 1.99. The van der Waals surface area contributed by atoms with Gasteiger partial charge >= 0.3 is 0 Å². The molecule has 0 saturated heterocycles. The molecule has 1 aromatic rings. The van der Waals surface area contributed by atoms with E-state index in [-0.39, 0.29) is 18.4 Å². The Labute approximate surface area is 106 Å². The molecule has 0 fully saturated rings. The summed E-state index contributed by atoms with van der Waals surface area (Å²) in [6.07, 6.45) is 1.06. The summed E-state index contributed by atoms with van der Waals surface area (Å²) in [7, 11) is 0. The van der Waals surface area contributed by atoms with Crippen molar-refractivity contribution in [2.24, 2.45) is 11.7 Å². The second-order valence-electron chi connectivity index (χ2n) is 5.05. The monoisotopic (exact) mass is 241 g/mol. The topological polar surface area (TPSA) is 26.0 Å². The standard InChI is InChI=1S/C14H23N.ClH/c1-9(2)6-13(15)14-11(4)7-10(3)8-12(14)5;/h7-9,13H,6,15H2,1-5H3;1H/t13-;/m1./s1. The Bertz CT molecular complexity index is 322. The molecular weight excluding hydrogens is 218 g/mol. The van der Waals surface area contributed by atoms with Crippen LogP contribution in [0.3, 0.4) is 0 Å². The van der Waals surface area contributed by atoms with Gasteiger partial charge in [0.05, 0.1) is 0 Å². The molecule has 0 radical (unpaired) electrons. The Morgan fingerprint density at radius 3 is 1.88 bits per heavy atom. The van der Waals surface area contributed by atoms with Crippen molar-refractivity contribution in [3.8, 4) is 0 Å². The van der Waals surface area contributed by atoms with Crippen LogP contribution in [0.5, 0.6) is 0 Å². The lowest BCUT2D eigenvalue weighted by Gasteiger charge is -2.20. The smallest absolute Gasteiger partial charge is 0.0302 e. The molecule has 0 spiro atoms. The maximum Gasteiger partial charge on any atom is 0.0302 e. The highest BCUT2D eigenvalue weighted by Crippen LogP contribution is 2.26. The van der Waals surface area contributed by atoms with E-state index in [4.69, 9.17) is 5.73 Å². The molecule has 92 valence electrons. The van der Waals surface area contributed by atoms with Crippen molar-refractivity contribution in [2.75, 3.05) is 0 Å². The Morgan fingerprint density at radius 2 is 1.50 bits per heavy atom. The van der Waals surface area contributed by atoms with E-state index < -0.39 is 0 Å². The Kier molecular flexibility index (Phi) is 6.06. The Morgan fingerprint density at radius 1 is 1.06 bits per heavy atom. The van der Waals surface area contributed by atoms with Crippen LogP contribution in [0.1, 0.15) is 48.6 Å². The fraction of sp³-hybridized carbons (Fsp3) is 0.571. The maximum absolute atomic E-state index is 6.25. The number of hydrogen-bond donors (Lipinski definition) is 1. The lowest BCUT2D eigenvalue weighted by molar-refractivity contribution is 0.507. The second kappa shape index (κ2) is 6.27. The minimum atomic E-state index is 0. The van der Waals surface area contributed by atoms with E-state index in [1.54, 1.807) is 0 Å². The van der Waals surface area contributed by atoms with E-state index in [1.807, 2.05) is 0 Å². The van der Waals surface area contributed by atoms with E-state index in [0.717, 1.165) is 6.42 Å². The predicted molar refractivity (Wildman–Crippen MR) is 74.3 cm³/mol. The zero-order valence-corrected chi connectivity index (χ0v) is 11.8. The first kappa shape index (κ1) is 15.5. The summed E-state index contributed by atoms with van der Waals surface area (Å²) >= 11 is 0. The van der Waals surface area contributed by atoms with Crippen LogP contribution in [-0.4, -0.2) is 0 Å². The van der Waals surface area contributed by atoms with Gasteiger partial charge in [-0.3, -0.25) is 0 Å². The van der Waals surface area contributed by atoms with Crippen molar-refractivity contribution >= 4 is 12.4 Å². The first-order valence-corrected chi connectivity index (χ1v) is 5.75. The molecule has 0 aromatic heterocycles. The summed E-state index contributed by atoms with van der Waals surface area (Å²) in [6, 6.07) is 4.64. The molecular formula is C14H24ClN. The minimum absolute atomic E-state index is 0. The normalized spacial score (nSPS) is 12.4. The highest BCUT2D eigenvalue weighted by atomic mass is 35.5. The zero-order chi connectivity index (χ0) is 11.6. The summed E-state index contributed by atoms with van der Waals surface area (Å²) in [5, 5.41) is 0. The highest BCUT2D eigenvalue weighted by molar-refractivity contribution is 5.85. The molecule has 1 atom stereocenters. The van der Waals surface area contributed by atoms with Gasteiger partial charge in [-0.15, -0.1) is 12.4 Å². The van der Waals surface area contributed by atoms with E-state index in [2.05, 4.69) is 46.8 Å². The van der Waals surface area contributed by atoms with Crippen molar-refractivity contribution < 1.29 is 0 Å². The van der Waals surface area contributed by atoms with Crippen LogP contribution in [0.2, 0.25) is 0 Å². The molecule has 0 bridgehead atoms. The summed E-state index contributed by atoms with van der Waals surface area (Å²) in [5.74, 6) is 0.653. The lowest BCUT2D eigenvalue weighted by atomic mass is 9.90. The summed E-state index contributed by atoms with van der Waals surface area (Å²) < 4.78 is 0. The van der Waals surface area contributed by atoms with E-state index in [1.165, 1.54) is 22.3 Å². The van der Waals surface area contributed by atoms with Gasteiger partial charge in [0.25, 0.3) is 0 Å². The third-order valence-corrected chi connectivity index (χ3v) is 2.83. The SMILES string of the molecule is Cc1cc(C)c([C@H](N)CC(C)C)c(C)c1.Cl. The van der Waals surface area contributed by atoms with Crippen molar-refractivity contribution in [1.29, 1.82) is 0 Å². The first-order valence-electron chi connectivity index (χ1n) is 5.75. The maximum atomic E-state index is 6.25. The van der Waals surface area contributed by atoms with Gasteiger partial charge in [0.2, 0.25) is 0 Å². The lowest BCUT2D eigenvalue weighted by Crippen LogP contribution is -2.15. The van der Waals surface area contributed by atoms with Gasteiger partial charge in [-0.1, -0.05) is 31.5 Å². The molecule has 16 heavy (non-hydrogen) atoms. The van der Waals surface area contributed by atoms with Gasteiger partial charge in [-0.25, -0.2) is 0 Å². The van der Waals surface area contributed by atoms with Crippen LogP contribution in [0.15, 0.2) is 12.1 Å². The van der Waals surface area contributed by atoms with Gasteiger partial charge < -0.3 is 5.73 Å². The average molecular weight is 242 g/mol. The van der Waals surface area contributed by atoms with Gasteiger partial charge in [-0.05, 0) is 49.8 Å². The minimum Gasteiger partial charge on any atom is -0.324 e.